The average molecular weight is 300 g/mol. The second kappa shape index (κ2) is 6.71. The van der Waals surface area contributed by atoms with Crippen molar-refractivity contribution >= 4 is 17.9 Å². The lowest BCUT2D eigenvalue weighted by atomic mass is 9.67. The summed E-state index contributed by atoms with van der Waals surface area (Å²) in [5.41, 5.74) is -1.43. The summed E-state index contributed by atoms with van der Waals surface area (Å²) in [7, 11) is 3.55. The first-order chi connectivity index (χ1) is 9.83. The lowest BCUT2D eigenvalue weighted by Crippen LogP contribution is -2.49. The van der Waals surface area contributed by atoms with Gasteiger partial charge in [-0.05, 0) is 12.8 Å². The Morgan fingerprint density at radius 1 is 1.10 bits per heavy atom. The molecule has 2 atom stereocenters. The maximum Gasteiger partial charge on any atom is 0.333 e. The van der Waals surface area contributed by atoms with Gasteiger partial charge >= 0.3 is 17.9 Å². The van der Waals surface area contributed by atoms with E-state index < -0.39 is 35.3 Å². The smallest absolute Gasteiger partial charge is 0.333 e. The highest BCUT2D eigenvalue weighted by molar-refractivity contribution is 6.00. The molecule has 21 heavy (non-hydrogen) atoms. The standard InChI is InChI=1S/C14H20O7/c1-8(11(16)19-2)9-5-6-14(7-10(9)15,12(17)20-3)13(18)21-4/h9-10,15H,1,5-7H2,2-4H3/t9-,10-/m1/s1. The minimum Gasteiger partial charge on any atom is -0.468 e. The minimum atomic E-state index is -1.55. The van der Waals surface area contributed by atoms with Crippen LogP contribution in [0.1, 0.15) is 19.3 Å². The molecule has 0 bridgehead atoms. The van der Waals surface area contributed by atoms with Crippen molar-refractivity contribution in [1.82, 2.24) is 0 Å². The Hall–Kier alpha value is -1.89. The maximum absolute atomic E-state index is 12.0. The second-order valence-corrected chi connectivity index (χ2v) is 5.00. The van der Waals surface area contributed by atoms with Gasteiger partial charge in [0.2, 0.25) is 0 Å². The van der Waals surface area contributed by atoms with Crippen LogP contribution in [-0.4, -0.2) is 50.4 Å². The number of rotatable bonds is 4. The van der Waals surface area contributed by atoms with Gasteiger partial charge in [0.25, 0.3) is 0 Å². The number of esters is 3. The number of hydrogen-bond donors (Lipinski definition) is 1. The van der Waals surface area contributed by atoms with Crippen molar-refractivity contribution in [2.75, 3.05) is 21.3 Å². The zero-order valence-corrected chi connectivity index (χ0v) is 12.4. The Morgan fingerprint density at radius 3 is 2.00 bits per heavy atom. The topological polar surface area (TPSA) is 99.1 Å². The number of methoxy groups -OCH3 is 3. The first kappa shape index (κ1) is 17.2. The van der Waals surface area contributed by atoms with Crippen LogP contribution in [0.4, 0.5) is 0 Å². The van der Waals surface area contributed by atoms with E-state index in [1.165, 1.54) is 21.3 Å². The van der Waals surface area contributed by atoms with Crippen LogP contribution in [0, 0.1) is 11.3 Å². The van der Waals surface area contributed by atoms with Gasteiger partial charge in [-0.2, -0.15) is 0 Å². The van der Waals surface area contributed by atoms with Gasteiger partial charge in [0.05, 0.1) is 27.4 Å². The first-order valence-electron chi connectivity index (χ1n) is 6.46. The fourth-order valence-corrected chi connectivity index (χ4v) is 2.73. The van der Waals surface area contributed by atoms with Crippen LogP contribution >= 0.6 is 0 Å². The molecule has 7 nitrogen and oxygen atoms in total. The van der Waals surface area contributed by atoms with E-state index in [1.54, 1.807) is 0 Å². The number of aliphatic hydroxyl groups excluding tert-OH is 1. The van der Waals surface area contributed by atoms with Crippen molar-refractivity contribution in [2.24, 2.45) is 11.3 Å². The van der Waals surface area contributed by atoms with E-state index in [4.69, 9.17) is 0 Å². The van der Waals surface area contributed by atoms with Crippen LogP contribution in [0.2, 0.25) is 0 Å². The third-order valence-electron chi connectivity index (χ3n) is 3.95. The van der Waals surface area contributed by atoms with Gasteiger partial charge in [-0.3, -0.25) is 9.59 Å². The number of ether oxygens (including phenoxy) is 3. The third kappa shape index (κ3) is 3.07. The third-order valence-corrected chi connectivity index (χ3v) is 3.95. The van der Waals surface area contributed by atoms with Gasteiger partial charge in [-0.1, -0.05) is 6.58 Å². The van der Waals surface area contributed by atoms with E-state index in [9.17, 15) is 19.5 Å². The highest BCUT2D eigenvalue weighted by Crippen LogP contribution is 2.43. The molecule has 0 aliphatic heterocycles. The molecule has 0 heterocycles. The molecule has 1 rings (SSSR count). The normalized spacial score (nSPS) is 23.8. The molecule has 0 spiro atoms. The molecule has 1 aliphatic rings. The molecule has 0 unspecified atom stereocenters. The van der Waals surface area contributed by atoms with Gasteiger partial charge in [0.15, 0.2) is 5.41 Å². The summed E-state index contributed by atoms with van der Waals surface area (Å²) in [6, 6.07) is 0. The highest BCUT2D eigenvalue weighted by Gasteiger charge is 2.54. The van der Waals surface area contributed by atoms with Crippen molar-refractivity contribution in [3.05, 3.63) is 12.2 Å². The summed E-state index contributed by atoms with van der Waals surface area (Å²) in [5, 5.41) is 10.2. The molecular weight excluding hydrogens is 280 g/mol. The summed E-state index contributed by atoms with van der Waals surface area (Å²) >= 11 is 0. The van der Waals surface area contributed by atoms with Crippen molar-refractivity contribution in [2.45, 2.75) is 25.4 Å². The molecule has 1 N–H and O–H groups in total. The average Bonchev–Trinajstić information content (AvgIpc) is 2.51. The molecule has 0 aromatic carbocycles. The van der Waals surface area contributed by atoms with E-state index in [-0.39, 0.29) is 24.8 Å². The largest absolute Gasteiger partial charge is 0.468 e. The Kier molecular flexibility index (Phi) is 5.48. The molecule has 1 saturated carbocycles. The molecule has 0 aromatic rings. The summed E-state index contributed by atoms with van der Waals surface area (Å²) < 4.78 is 13.9. The Bertz CT molecular complexity index is 438. The van der Waals surface area contributed by atoms with Gasteiger partial charge < -0.3 is 19.3 Å². The maximum atomic E-state index is 12.0. The molecule has 7 heteroatoms. The van der Waals surface area contributed by atoms with Crippen molar-refractivity contribution in [3.63, 3.8) is 0 Å². The second-order valence-electron chi connectivity index (χ2n) is 5.00. The van der Waals surface area contributed by atoms with Crippen LogP contribution in [0.3, 0.4) is 0 Å². The zero-order valence-electron chi connectivity index (χ0n) is 12.4. The van der Waals surface area contributed by atoms with Crippen LogP contribution in [0.15, 0.2) is 12.2 Å². The molecule has 1 fully saturated rings. The molecular formula is C14H20O7. The quantitative estimate of drug-likeness (QED) is 0.343. The summed E-state index contributed by atoms with van der Waals surface area (Å²) in [6.45, 7) is 3.61. The molecule has 0 radical (unpaired) electrons. The predicted molar refractivity (Wildman–Crippen MR) is 71.0 cm³/mol. The number of aliphatic hydroxyl groups is 1. The van der Waals surface area contributed by atoms with Crippen molar-refractivity contribution in [1.29, 1.82) is 0 Å². The molecule has 0 aromatic heterocycles. The lowest BCUT2D eigenvalue weighted by Gasteiger charge is -2.38. The SMILES string of the molecule is C=C(C(=O)OC)[C@H]1CCC(C(=O)OC)(C(=O)OC)C[C@H]1O. The first-order valence-corrected chi connectivity index (χ1v) is 6.46. The molecule has 0 amide bonds. The van der Waals surface area contributed by atoms with E-state index in [0.29, 0.717) is 0 Å². The summed E-state index contributed by atoms with van der Waals surface area (Å²) in [5.74, 6) is -2.70. The highest BCUT2D eigenvalue weighted by atomic mass is 16.5. The Morgan fingerprint density at radius 2 is 1.62 bits per heavy atom. The number of carbonyl (C=O) groups is 3. The molecule has 1 aliphatic carbocycles. The Balaban J connectivity index is 2.99. The molecule has 118 valence electrons. The lowest BCUT2D eigenvalue weighted by molar-refractivity contribution is -0.176. The van der Waals surface area contributed by atoms with E-state index in [0.717, 1.165) is 0 Å². The van der Waals surface area contributed by atoms with Crippen LogP contribution in [0.5, 0.6) is 0 Å². The van der Waals surface area contributed by atoms with E-state index in [2.05, 4.69) is 20.8 Å². The number of hydrogen-bond acceptors (Lipinski definition) is 7. The zero-order chi connectivity index (χ0) is 16.2. The van der Waals surface area contributed by atoms with Crippen LogP contribution in [0.25, 0.3) is 0 Å². The summed E-state index contributed by atoms with van der Waals surface area (Å²) in [6.07, 6.45) is -0.959. The van der Waals surface area contributed by atoms with E-state index >= 15 is 0 Å². The molecule has 0 saturated heterocycles. The summed E-state index contributed by atoms with van der Waals surface area (Å²) in [4.78, 5) is 35.4. The van der Waals surface area contributed by atoms with Crippen molar-refractivity contribution < 1.29 is 33.7 Å². The Labute approximate surface area is 122 Å². The fourth-order valence-electron chi connectivity index (χ4n) is 2.73. The monoisotopic (exact) mass is 300 g/mol. The van der Waals surface area contributed by atoms with Gasteiger partial charge in [-0.25, -0.2) is 4.79 Å². The predicted octanol–water partition coefficient (Wildman–Crippen LogP) is 0.209. The number of carbonyl (C=O) groups excluding carboxylic acids is 3. The van der Waals surface area contributed by atoms with Crippen LogP contribution < -0.4 is 0 Å². The van der Waals surface area contributed by atoms with Gasteiger partial charge in [0, 0.05) is 17.9 Å². The van der Waals surface area contributed by atoms with Crippen LogP contribution in [-0.2, 0) is 28.6 Å². The van der Waals surface area contributed by atoms with Gasteiger partial charge in [-0.15, -0.1) is 0 Å². The van der Waals surface area contributed by atoms with E-state index in [1.807, 2.05) is 0 Å². The van der Waals surface area contributed by atoms with Gasteiger partial charge in [0.1, 0.15) is 0 Å². The fraction of sp³-hybridized carbons (Fsp3) is 0.643. The van der Waals surface area contributed by atoms with Crippen molar-refractivity contribution in [3.8, 4) is 0 Å². The minimum absolute atomic E-state index is 0.101.